The molecule has 3 aromatic rings. The molecular weight excluding hydrogens is 461 g/mol. The van der Waals surface area contributed by atoms with Gasteiger partial charge in [-0.3, -0.25) is 14.9 Å². The molecule has 0 aliphatic carbocycles. The largest absolute Gasteiger partial charge is 0.482 e. The number of ether oxygens (including phenoxy) is 1. The standard InChI is InChI=1S/C21H15Cl2N3O4S/c22-15-6-8-19(18(23)11-15)30-13-21(27)25-24-12-14-10-16(26(28)29)7-9-20(14)31-17-4-2-1-3-5-17/h1-12H,13H2,(H,25,27)/b24-12+. The molecule has 0 heterocycles. The van der Waals surface area contributed by atoms with Gasteiger partial charge in [0, 0.05) is 32.5 Å². The summed E-state index contributed by atoms with van der Waals surface area (Å²) in [5.41, 5.74) is 2.74. The predicted molar refractivity (Wildman–Crippen MR) is 121 cm³/mol. The van der Waals surface area contributed by atoms with Gasteiger partial charge < -0.3 is 4.74 Å². The fourth-order valence-electron chi connectivity index (χ4n) is 2.40. The average molecular weight is 476 g/mol. The van der Waals surface area contributed by atoms with Gasteiger partial charge in [-0.1, -0.05) is 53.2 Å². The van der Waals surface area contributed by atoms with E-state index < -0.39 is 10.8 Å². The normalized spacial score (nSPS) is 10.8. The average Bonchev–Trinajstić information content (AvgIpc) is 2.75. The summed E-state index contributed by atoms with van der Waals surface area (Å²) < 4.78 is 5.34. The molecule has 3 rings (SSSR count). The van der Waals surface area contributed by atoms with E-state index in [-0.39, 0.29) is 17.3 Å². The van der Waals surface area contributed by atoms with Gasteiger partial charge in [0.2, 0.25) is 0 Å². The molecule has 0 aliphatic heterocycles. The molecule has 0 unspecified atom stereocenters. The van der Waals surface area contributed by atoms with Gasteiger partial charge >= 0.3 is 0 Å². The molecule has 10 heteroatoms. The highest BCUT2D eigenvalue weighted by molar-refractivity contribution is 7.99. The summed E-state index contributed by atoms with van der Waals surface area (Å²) in [5, 5.41) is 15.8. The molecule has 158 valence electrons. The number of nitro benzene ring substituents is 1. The molecule has 0 aromatic heterocycles. The summed E-state index contributed by atoms with van der Waals surface area (Å²) in [5.74, 6) is -0.213. The first-order valence-corrected chi connectivity index (χ1v) is 10.4. The van der Waals surface area contributed by atoms with Crippen LogP contribution in [0.25, 0.3) is 0 Å². The van der Waals surface area contributed by atoms with Crippen LogP contribution in [-0.2, 0) is 4.79 Å². The van der Waals surface area contributed by atoms with Crippen molar-refractivity contribution in [2.75, 3.05) is 6.61 Å². The number of nitrogens with one attached hydrogen (secondary N) is 1. The zero-order chi connectivity index (χ0) is 22.2. The summed E-state index contributed by atoms with van der Waals surface area (Å²) in [4.78, 5) is 24.3. The van der Waals surface area contributed by atoms with Gasteiger partial charge in [0.05, 0.1) is 16.2 Å². The number of halogens is 2. The second kappa shape index (κ2) is 10.8. The predicted octanol–water partition coefficient (Wildman–Crippen LogP) is 5.58. The molecule has 0 aliphatic rings. The second-order valence-corrected chi connectivity index (χ2v) is 8.01. The van der Waals surface area contributed by atoms with Crippen LogP contribution in [0.3, 0.4) is 0 Å². The Morgan fingerprint density at radius 2 is 1.90 bits per heavy atom. The minimum absolute atomic E-state index is 0.0779. The first-order valence-electron chi connectivity index (χ1n) is 8.83. The van der Waals surface area contributed by atoms with Crippen LogP contribution >= 0.6 is 35.0 Å². The number of carbonyl (C=O) groups excluding carboxylic acids is 1. The minimum atomic E-state index is -0.523. The van der Waals surface area contributed by atoms with Crippen molar-refractivity contribution in [3.05, 3.63) is 92.5 Å². The van der Waals surface area contributed by atoms with Gasteiger partial charge in [0.25, 0.3) is 11.6 Å². The highest BCUT2D eigenvalue weighted by atomic mass is 35.5. The molecule has 1 N–H and O–H groups in total. The molecule has 31 heavy (non-hydrogen) atoms. The molecule has 0 fully saturated rings. The van der Waals surface area contributed by atoms with E-state index >= 15 is 0 Å². The zero-order valence-corrected chi connectivity index (χ0v) is 18.2. The maximum absolute atomic E-state index is 12.0. The maximum atomic E-state index is 12.0. The smallest absolute Gasteiger partial charge is 0.277 e. The first kappa shape index (κ1) is 22.6. The summed E-state index contributed by atoms with van der Waals surface area (Å²) in [6.07, 6.45) is 1.35. The molecule has 0 atom stereocenters. The van der Waals surface area contributed by atoms with Crippen molar-refractivity contribution in [1.29, 1.82) is 0 Å². The number of carbonyl (C=O) groups is 1. The summed E-state index contributed by atoms with van der Waals surface area (Å²) >= 11 is 13.2. The number of hydrogen-bond acceptors (Lipinski definition) is 6. The molecular formula is C21H15Cl2N3O4S. The van der Waals surface area contributed by atoms with Gasteiger partial charge in [-0.25, -0.2) is 5.43 Å². The second-order valence-electron chi connectivity index (χ2n) is 6.05. The zero-order valence-electron chi connectivity index (χ0n) is 15.8. The van der Waals surface area contributed by atoms with Crippen LogP contribution in [0, 0.1) is 10.1 Å². The third kappa shape index (κ3) is 6.71. The van der Waals surface area contributed by atoms with Crippen molar-refractivity contribution < 1.29 is 14.5 Å². The molecule has 0 bridgehead atoms. The fraction of sp³-hybridized carbons (Fsp3) is 0.0476. The van der Waals surface area contributed by atoms with Crippen LogP contribution in [-0.4, -0.2) is 23.7 Å². The number of hydrazone groups is 1. The molecule has 3 aromatic carbocycles. The number of non-ortho nitro benzene ring substituents is 1. The number of nitrogens with zero attached hydrogens (tertiary/aromatic N) is 2. The Morgan fingerprint density at radius 3 is 2.61 bits per heavy atom. The van der Waals surface area contributed by atoms with E-state index in [2.05, 4.69) is 10.5 Å². The molecule has 0 saturated heterocycles. The van der Waals surface area contributed by atoms with Crippen LogP contribution in [0.15, 0.2) is 81.6 Å². The third-order valence-corrected chi connectivity index (χ3v) is 5.45. The molecule has 0 spiro atoms. The van der Waals surface area contributed by atoms with Gasteiger partial charge in [0.15, 0.2) is 6.61 Å². The van der Waals surface area contributed by atoms with E-state index in [1.54, 1.807) is 18.2 Å². The van der Waals surface area contributed by atoms with Crippen LogP contribution in [0.1, 0.15) is 5.56 Å². The quantitative estimate of drug-likeness (QED) is 0.260. The van der Waals surface area contributed by atoms with Gasteiger partial charge in [-0.15, -0.1) is 0 Å². The maximum Gasteiger partial charge on any atom is 0.277 e. The van der Waals surface area contributed by atoms with Crippen molar-refractivity contribution in [3.8, 4) is 5.75 Å². The lowest BCUT2D eigenvalue weighted by atomic mass is 10.2. The van der Waals surface area contributed by atoms with E-state index in [0.29, 0.717) is 16.3 Å². The number of nitro groups is 1. The number of benzene rings is 3. The van der Waals surface area contributed by atoms with E-state index in [9.17, 15) is 14.9 Å². The Hall–Kier alpha value is -3.07. The Labute approximate surface area is 192 Å². The SMILES string of the molecule is O=C(COc1ccc(Cl)cc1Cl)N/N=C/c1cc([N+](=O)[O-])ccc1Sc1ccccc1. The van der Waals surface area contributed by atoms with Crippen LogP contribution in [0.5, 0.6) is 5.75 Å². The summed E-state index contributed by atoms with van der Waals surface area (Å²) in [6, 6.07) is 18.6. The van der Waals surface area contributed by atoms with Gasteiger partial charge in [-0.05, 0) is 36.4 Å². The van der Waals surface area contributed by atoms with E-state index in [1.807, 2.05) is 30.3 Å². The van der Waals surface area contributed by atoms with Crippen molar-refractivity contribution in [1.82, 2.24) is 5.43 Å². The number of rotatable bonds is 8. The lowest BCUT2D eigenvalue weighted by Gasteiger charge is -2.07. The number of amides is 1. The highest BCUT2D eigenvalue weighted by Gasteiger charge is 2.11. The van der Waals surface area contributed by atoms with Crippen molar-refractivity contribution in [2.24, 2.45) is 5.10 Å². The monoisotopic (exact) mass is 475 g/mol. The van der Waals surface area contributed by atoms with Crippen molar-refractivity contribution in [2.45, 2.75) is 9.79 Å². The highest BCUT2D eigenvalue weighted by Crippen LogP contribution is 2.31. The Morgan fingerprint density at radius 1 is 1.13 bits per heavy atom. The minimum Gasteiger partial charge on any atom is -0.482 e. The Kier molecular flexibility index (Phi) is 7.88. The molecule has 0 saturated carbocycles. The third-order valence-electron chi connectivity index (χ3n) is 3.82. The Balaban J connectivity index is 1.67. The topological polar surface area (TPSA) is 93.8 Å². The van der Waals surface area contributed by atoms with Gasteiger partial charge in [-0.2, -0.15) is 5.10 Å². The van der Waals surface area contributed by atoms with E-state index in [4.69, 9.17) is 27.9 Å². The van der Waals surface area contributed by atoms with E-state index in [0.717, 1.165) is 9.79 Å². The molecule has 0 radical (unpaired) electrons. The van der Waals surface area contributed by atoms with Crippen molar-refractivity contribution >= 4 is 52.8 Å². The summed E-state index contributed by atoms with van der Waals surface area (Å²) in [7, 11) is 0. The molecule has 1 amide bonds. The van der Waals surface area contributed by atoms with E-state index in [1.165, 1.54) is 36.2 Å². The van der Waals surface area contributed by atoms with Gasteiger partial charge in [0.1, 0.15) is 5.75 Å². The van der Waals surface area contributed by atoms with Crippen molar-refractivity contribution in [3.63, 3.8) is 0 Å². The lowest BCUT2D eigenvalue weighted by Crippen LogP contribution is -2.24. The molecule has 7 nitrogen and oxygen atoms in total. The number of hydrogen-bond donors (Lipinski definition) is 1. The lowest BCUT2D eigenvalue weighted by molar-refractivity contribution is -0.384. The summed E-state index contributed by atoms with van der Waals surface area (Å²) in [6.45, 7) is -0.320. The first-order chi connectivity index (χ1) is 14.9. The fourth-order valence-corrected chi connectivity index (χ4v) is 3.78. The van der Waals surface area contributed by atoms with Crippen LogP contribution in [0.4, 0.5) is 5.69 Å². The van der Waals surface area contributed by atoms with Crippen LogP contribution in [0.2, 0.25) is 10.0 Å². The Bertz CT molecular complexity index is 1130. The van der Waals surface area contributed by atoms with Crippen LogP contribution < -0.4 is 10.2 Å².